The summed E-state index contributed by atoms with van der Waals surface area (Å²) in [6, 6.07) is 0. The fraction of sp³-hybridized carbons (Fsp3) is 0.900. The van der Waals surface area contributed by atoms with Crippen molar-refractivity contribution in [2.24, 2.45) is 0 Å². The van der Waals surface area contributed by atoms with E-state index in [1.54, 1.807) is 7.05 Å². The third-order valence-electron chi connectivity index (χ3n) is 1.88. The van der Waals surface area contributed by atoms with Crippen LogP contribution in [0.3, 0.4) is 0 Å². The summed E-state index contributed by atoms with van der Waals surface area (Å²) < 4.78 is 5.19. The minimum atomic E-state index is 0.112. The average molecular weight is 202 g/mol. The highest BCUT2D eigenvalue weighted by Gasteiger charge is 1.96. The fourth-order valence-electron chi connectivity index (χ4n) is 1.07. The summed E-state index contributed by atoms with van der Waals surface area (Å²) in [5.74, 6) is 0.112. The Hall–Kier alpha value is -0.610. The van der Waals surface area contributed by atoms with Gasteiger partial charge in [-0.15, -0.1) is 0 Å². The van der Waals surface area contributed by atoms with Gasteiger partial charge in [0.1, 0.15) is 0 Å². The first-order valence-electron chi connectivity index (χ1n) is 5.30. The second-order valence-electron chi connectivity index (χ2n) is 3.08. The van der Waals surface area contributed by atoms with Crippen molar-refractivity contribution in [1.29, 1.82) is 0 Å². The first-order chi connectivity index (χ1) is 6.81. The maximum Gasteiger partial charge on any atom is 0.219 e. The molecule has 1 amide bonds. The number of ether oxygens (including phenoxy) is 1. The van der Waals surface area contributed by atoms with E-state index in [-0.39, 0.29) is 5.91 Å². The normalized spacial score (nSPS) is 10.1. The Kier molecular flexibility index (Phi) is 10.0. The molecule has 0 aliphatic carbocycles. The molecule has 0 rings (SSSR count). The first kappa shape index (κ1) is 13.4. The van der Waals surface area contributed by atoms with Gasteiger partial charge in [-0.05, 0) is 32.9 Å². The van der Waals surface area contributed by atoms with Crippen LogP contribution < -0.4 is 10.6 Å². The molecule has 0 heterocycles. The summed E-state index contributed by atoms with van der Waals surface area (Å²) in [6.45, 7) is 5.47. The van der Waals surface area contributed by atoms with E-state index in [9.17, 15) is 4.79 Å². The lowest BCUT2D eigenvalue weighted by Gasteiger charge is -2.04. The second kappa shape index (κ2) is 10.5. The number of hydrogen-bond donors (Lipinski definition) is 2. The van der Waals surface area contributed by atoms with E-state index in [4.69, 9.17) is 4.74 Å². The van der Waals surface area contributed by atoms with Gasteiger partial charge in [0.25, 0.3) is 0 Å². The molecule has 2 N–H and O–H groups in total. The lowest BCUT2D eigenvalue weighted by molar-refractivity contribution is -0.120. The van der Waals surface area contributed by atoms with E-state index in [1.807, 2.05) is 6.92 Å². The summed E-state index contributed by atoms with van der Waals surface area (Å²) in [6.07, 6.45) is 2.54. The van der Waals surface area contributed by atoms with E-state index in [2.05, 4.69) is 10.6 Å². The van der Waals surface area contributed by atoms with Crippen molar-refractivity contribution >= 4 is 5.91 Å². The molecule has 0 spiro atoms. The van der Waals surface area contributed by atoms with E-state index in [0.717, 1.165) is 39.1 Å². The standard InChI is InChI=1S/C10H22N2O2/c1-3-14-9-5-8-12-7-4-6-10(13)11-2/h12H,3-9H2,1-2H3,(H,11,13). The molecule has 0 fully saturated rings. The number of carbonyl (C=O) groups is 1. The summed E-state index contributed by atoms with van der Waals surface area (Å²) >= 11 is 0. The molecule has 0 saturated carbocycles. The molecular formula is C10H22N2O2. The number of nitrogens with one attached hydrogen (secondary N) is 2. The van der Waals surface area contributed by atoms with Gasteiger partial charge in [-0.1, -0.05) is 0 Å². The summed E-state index contributed by atoms with van der Waals surface area (Å²) in [7, 11) is 1.66. The Morgan fingerprint density at radius 1 is 1.29 bits per heavy atom. The Balaban J connectivity index is 2.95. The lowest BCUT2D eigenvalue weighted by atomic mass is 10.3. The Labute approximate surface area is 86.4 Å². The highest BCUT2D eigenvalue weighted by molar-refractivity contribution is 5.75. The molecule has 0 saturated heterocycles. The molecular weight excluding hydrogens is 180 g/mol. The summed E-state index contributed by atoms with van der Waals surface area (Å²) in [5, 5.41) is 5.86. The minimum absolute atomic E-state index is 0.112. The molecule has 0 aromatic rings. The molecule has 0 atom stereocenters. The summed E-state index contributed by atoms with van der Waals surface area (Å²) in [4.78, 5) is 10.8. The molecule has 0 aromatic heterocycles. The molecule has 0 aliphatic rings. The quantitative estimate of drug-likeness (QED) is 0.536. The molecule has 0 radical (unpaired) electrons. The van der Waals surface area contributed by atoms with Crippen LogP contribution in [-0.4, -0.2) is 39.3 Å². The van der Waals surface area contributed by atoms with E-state index in [1.165, 1.54) is 0 Å². The Bertz CT molecular complexity index is 140. The topological polar surface area (TPSA) is 50.4 Å². The van der Waals surface area contributed by atoms with Gasteiger partial charge in [0, 0.05) is 26.7 Å². The van der Waals surface area contributed by atoms with Crippen molar-refractivity contribution in [2.75, 3.05) is 33.4 Å². The maximum atomic E-state index is 10.8. The van der Waals surface area contributed by atoms with Gasteiger partial charge in [-0.25, -0.2) is 0 Å². The van der Waals surface area contributed by atoms with Crippen LogP contribution in [0.25, 0.3) is 0 Å². The van der Waals surface area contributed by atoms with Gasteiger partial charge in [0.15, 0.2) is 0 Å². The van der Waals surface area contributed by atoms with Crippen LogP contribution in [0.15, 0.2) is 0 Å². The number of rotatable bonds is 9. The highest BCUT2D eigenvalue weighted by Crippen LogP contribution is 1.86. The second-order valence-corrected chi connectivity index (χ2v) is 3.08. The molecule has 84 valence electrons. The zero-order chi connectivity index (χ0) is 10.6. The Morgan fingerprint density at radius 2 is 2.00 bits per heavy atom. The Morgan fingerprint density at radius 3 is 2.64 bits per heavy atom. The van der Waals surface area contributed by atoms with Crippen LogP contribution in [0.5, 0.6) is 0 Å². The van der Waals surface area contributed by atoms with Crippen LogP contribution in [0.2, 0.25) is 0 Å². The third-order valence-corrected chi connectivity index (χ3v) is 1.88. The van der Waals surface area contributed by atoms with E-state index < -0.39 is 0 Å². The SMILES string of the molecule is CCOCCCNCCCC(=O)NC. The van der Waals surface area contributed by atoms with Crippen LogP contribution in [0.4, 0.5) is 0 Å². The van der Waals surface area contributed by atoms with Gasteiger partial charge in [-0.2, -0.15) is 0 Å². The number of amides is 1. The molecule has 4 nitrogen and oxygen atoms in total. The van der Waals surface area contributed by atoms with Gasteiger partial charge in [0.2, 0.25) is 5.91 Å². The minimum Gasteiger partial charge on any atom is -0.382 e. The van der Waals surface area contributed by atoms with E-state index in [0.29, 0.717) is 6.42 Å². The van der Waals surface area contributed by atoms with Crippen molar-refractivity contribution in [3.05, 3.63) is 0 Å². The molecule has 0 bridgehead atoms. The van der Waals surface area contributed by atoms with Gasteiger partial charge in [-0.3, -0.25) is 4.79 Å². The predicted molar refractivity (Wildman–Crippen MR) is 57.3 cm³/mol. The van der Waals surface area contributed by atoms with E-state index >= 15 is 0 Å². The number of carbonyl (C=O) groups excluding carboxylic acids is 1. The smallest absolute Gasteiger partial charge is 0.219 e. The van der Waals surface area contributed by atoms with Crippen LogP contribution >= 0.6 is 0 Å². The van der Waals surface area contributed by atoms with Crippen molar-refractivity contribution in [1.82, 2.24) is 10.6 Å². The van der Waals surface area contributed by atoms with Crippen molar-refractivity contribution in [3.8, 4) is 0 Å². The predicted octanol–water partition coefficient (Wildman–Crippen LogP) is 0.529. The molecule has 0 aromatic carbocycles. The van der Waals surface area contributed by atoms with Crippen molar-refractivity contribution in [3.63, 3.8) is 0 Å². The van der Waals surface area contributed by atoms with Crippen molar-refractivity contribution < 1.29 is 9.53 Å². The number of hydrogen-bond acceptors (Lipinski definition) is 3. The van der Waals surface area contributed by atoms with Crippen LogP contribution in [0, 0.1) is 0 Å². The average Bonchev–Trinajstić information content (AvgIpc) is 2.21. The summed E-state index contributed by atoms with van der Waals surface area (Å²) in [5.41, 5.74) is 0. The largest absolute Gasteiger partial charge is 0.382 e. The molecule has 0 aliphatic heterocycles. The molecule has 14 heavy (non-hydrogen) atoms. The lowest BCUT2D eigenvalue weighted by Crippen LogP contribution is -2.22. The monoisotopic (exact) mass is 202 g/mol. The maximum absolute atomic E-state index is 10.8. The van der Waals surface area contributed by atoms with Crippen LogP contribution in [-0.2, 0) is 9.53 Å². The first-order valence-corrected chi connectivity index (χ1v) is 5.30. The fourth-order valence-corrected chi connectivity index (χ4v) is 1.07. The van der Waals surface area contributed by atoms with Gasteiger partial charge < -0.3 is 15.4 Å². The molecule has 0 unspecified atom stereocenters. The third kappa shape index (κ3) is 9.48. The van der Waals surface area contributed by atoms with Crippen LogP contribution in [0.1, 0.15) is 26.2 Å². The zero-order valence-electron chi connectivity index (χ0n) is 9.27. The van der Waals surface area contributed by atoms with Crippen molar-refractivity contribution in [2.45, 2.75) is 26.2 Å². The highest BCUT2D eigenvalue weighted by atomic mass is 16.5. The van der Waals surface area contributed by atoms with Gasteiger partial charge in [0.05, 0.1) is 0 Å². The molecule has 4 heteroatoms. The van der Waals surface area contributed by atoms with Gasteiger partial charge >= 0.3 is 0 Å². The zero-order valence-corrected chi connectivity index (χ0v) is 9.27.